The summed E-state index contributed by atoms with van der Waals surface area (Å²) < 4.78 is 4.71. The third kappa shape index (κ3) is 44.9. The Bertz CT molecular complexity index is 252. The molecule has 18 heavy (non-hydrogen) atoms. The molecule has 2 atom stereocenters. The molecule has 1 rings (SSSR count). The normalized spacial score (nSPS) is 16.6. The third-order valence-electron chi connectivity index (χ3n) is 1.22. The monoisotopic (exact) mass is 266 g/mol. The number of aliphatic hydroxyl groups excluding tert-OH is 1. The van der Waals surface area contributed by atoms with Crippen molar-refractivity contribution in [3.63, 3.8) is 0 Å². The van der Waals surface area contributed by atoms with E-state index in [4.69, 9.17) is 20.4 Å². The van der Waals surface area contributed by atoms with Gasteiger partial charge in [0.1, 0.15) is 0 Å². The van der Waals surface area contributed by atoms with Crippen LogP contribution in [0.5, 0.6) is 0 Å². The van der Waals surface area contributed by atoms with E-state index >= 15 is 0 Å². The van der Waals surface area contributed by atoms with Crippen molar-refractivity contribution in [2.75, 3.05) is 6.61 Å². The summed E-state index contributed by atoms with van der Waals surface area (Å²) in [4.78, 5) is 0. The number of hydrogen-bond donors (Lipinski definition) is 1. The van der Waals surface area contributed by atoms with E-state index < -0.39 is 14.2 Å². The minimum atomic E-state index is -1.33. The van der Waals surface area contributed by atoms with E-state index in [1.54, 1.807) is 6.92 Å². The molecule has 1 heterocycles. The average Bonchev–Trinajstić information content (AvgIpc) is 2.88. The second kappa shape index (κ2) is 14.7. The molecule has 0 radical (unpaired) electrons. The van der Waals surface area contributed by atoms with Crippen LogP contribution in [0.4, 0.5) is 0 Å². The molecule has 0 amide bonds. The van der Waals surface area contributed by atoms with Crippen LogP contribution in [0.25, 0.3) is 0 Å². The number of rotatable bonds is 1. The Kier molecular flexibility index (Phi) is 21.5. The Labute approximate surface area is 123 Å². The van der Waals surface area contributed by atoms with Crippen molar-refractivity contribution in [2.45, 2.75) is 52.1 Å². The molecular formula is C11H23LiN2O3Si. The maximum atomic E-state index is 8.33. The van der Waals surface area contributed by atoms with Crippen LogP contribution in [0.1, 0.15) is 20.3 Å². The molecule has 1 saturated heterocycles. The van der Waals surface area contributed by atoms with Crippen LogP contribution in [0.2, 0.25) is 19.6 Å². The van der Waals surface area contributed by atoms with Gasteiger partial charge in [0, 0.05) is 5.69 Å². The maximum Gasteiger partial charge on any atom is 1.00 e. The van der Waals surface area contributed by atoms with Crippen molar-refractivity contribution in [3.8, 4) is 11.8 Å². The SMILES string of the molecule is CC(O)CC#N.CC1CO1.C[Si](C)(C)C#N.[Li+].[OH-]. The van der Waals surface area contributed by atoms with Gasteiger partial charge in [-0.2, -0.15) is 5.26 Å². The van der Waals surface area contributed by atoms with E-state index in [0.717, 1.165) is 6.61 Å². The molecule has 0 aromatic rings. The maximum absolute atomic E-state index is 8.33. The van der Waals surface area contributed by atoms with Gasteiger partial charge in [-0.05, 0) is 13.8 Å². The minimum absolute atomic E-state index is 0. The van der Waals surface area contributed by atoms with Gasteiger partial charge in [-0.25, -0.2) is 5.26 Å². The smallest absolute Gasteiger partial charge is 0.870 e. The fourth-order valence-electron chi connectivity index (χ4n) is 0.228. The molecule has 1 aliphatic rings. The predicted octanol–water partition coefficient (Wildman–Crippen LogP) is -1.10. The zero-order chi connectivity index (χ0) is 13.2. The molecule has 1 aliphatic heterocycles. The second-order valence-electron chi connectivity index (χ2n) is 4.72. The number of aliphatic hydroxyl groups is 1. The first-order valence-corrected chi connectivity index (χ1v) is 8.80. The van der Waals surface area contributed by atoms with Crippen LogP contribution in [0, 0.1) is 22.3 Å². The van der Waals surface area contributed by atoms with Crippen molar-refractivity contribution < 1.29 is 34.2 Å². The Morgan fingerprint density at radius 3 is 1.67 bits per heavy atom. The summed E-state index contributed by atoms with van der Waals surface area (Å²) in [5.74, 6) is 0. The molecule has 0 spiro atoms. The quantitative estimate of drug-likeness (QED) is 0.478. The molecule has 0 aliphatic carbocycles. The summed E-state index contributed by atoms with van der Waals surface area (Å²) in [6.45, 7) is 10.7. The molecule has 1 fully saturated rings. The van der Waals surface area contributed by atoms with Gasteiger partial charge in [-0.3, -0.25) is 0 Å². The molecule has 5 nitrogen and oxygen atoms in total. The van der Waals surface area contributed by atoms with Crippen LogP contribution in [-0.4, -0.2) is 37.5 Å². The van der Waals surface area contributed by atoms with E-state index in [-0.39, 0.29) is 30.8 Å². The molecule has 0 saturated carbocycles. The summed E-state index contributed by atoms with van der Waals surface area (Å²) in [5.41, 5.74) is 2.24. The largest absolute Gasteiger partial charge is 1.00 e. The molecule has 100 valence electrons. The van der Waals surface area contributed by atoms with Crippen molar-refractivity contribution in [1.82, 2.24) is 0 Å². The first kappa shape index (κ1) is 26.3. The van der Waals surface area contributed by atoms with E-state index in [9.17, 15) is 0 Å². The minimum Gasteiger partial charge on any atom is -0.870 e. The van der Waals surface area contributed by atoms with Gasteiger partial charge in [0.25, 0.3) is 0 Å². The Morgan fingerprint density at radius 1 is 1.39 bits per heavy atom. The van der Waals surface area contributed by atoms with Crippen LogP contribution in [0.3, 0.4) is 0 Å². The Hall–Kier alpha value is -0.326. The third-order valence-corrected chi connectivity index (χ3v) is 1.89. The fraction of sp³-hybridized carbons (Fsp3) is 0.818. The molecule has 0 bridgehead atoms. The topological polar surface area (TPSA) is 110 Å². The standard InChI is InChI=1S/C4H7NO.C4H9NSi.C3H6O.Li.H2O/c1-4(6)2-3-5;1-6(2,3)4-5;1-3-2-4-3;;/h4,6H,2H2,1H3;1-3H3;3H,2H2,1H3;;1H2/q;;;+1;/p-1. The van der Waals surface area contributed by atoms with Gasteiger partial charge < -0.3 is 15.3 Å². The summed E-state index contributed by atoms with van der Waals surface area (Å²) in [7, 11) is -1.33. The number of hydrogen-bond acceptors (Lipinski definition) is 5. The Morgan fingerprint density at radius 2 is 1.67 bits per heavy atom. The number of epoxide rings is 1. The van der Waals surface area contributed by atoms with E-state index in [2.05, 4.69) is 12.6 Å². The van der Waals surface area contributed by atoms with Crippen molar-refractivity contribution >= 4 is 8.07 Å². The summed E-state index contributed by atoms with van der Waals surface area (Å²) in [5, 5.41) is 24.4. The van der Waals surface area contributed by atoms with Gasteiger partial charge in [0.05, 0.1) is 31.3 Å². The molecule has 2 N–H and O–H groups in total. The fourth-order valence-corrected chi connectivity index (χ4v) is 0.228. The predicted molar refractivity (Wildman–Crippen MR) is 68.2 cm³/mol. The van der Waals surface area contributed by atoms with Crippen LogP contribution >= 0.6 is 0 Å². The zero-order valence-corrected chi connectivity index (χ0v) is 13.3. The zero-order valence-electron chi connectivity index (χ0n) is 12.3. The van der Waals surface area contributed by atoms with E-state index in [1.807, 2.05) is 25.7 Å². The van der Waals surface area contributed by atoms with Crippen LogP contribution < -0.4 is 18.9 Å². The van der Waals surface area contributed by atoms with E-state index in [0.29, 0.717) is 6.10 Å². The van der Waals surface area contributed by atoms with Gasteiger partial charge in [0.2, 0.25) is 0 Å². The second-order valence-corrected chi connectivity index (χ2v) is 9.44. The first-order chi connectivity index (χ1) is 7.22. The van der Waals surface area contributed by atoms with Crippen LogP contribution in [-0.2, 0) is 4.74 Å². The summed E-state index contributed by atoms with van der Waals surface area (Å²) in [6.07, 6.45) is 0.356. The van der Waals surface area contributed by atoms with Crippen LogP contribution in [0.15, 0.2) is 0 Å². The van der Waals surface area contributed by atoms with Gasteiger partial charge >= 0.3 is 18.9 Å². The molecule has 0 aromatic heterocycles. The molecule has 0 aromatic carbocycles. The van der Waals surface area contributed by atoms with Crippen molar-refractivity contribution in [1.29, 1.82) is 10.5 Å². The molecule has 2 unspecified atom stereocenters. The first-order valence-electron chi connectivity index (χ1n) is 5.30. The van der Waals surface area contributed by atoms with Crippen molar-refractivity contribution in [3.05, 3.63) is 0 Å². The van der Waals surface area contributed by atoms with Gasteiger partial charge in [-0.15, -0.1) is 0 Å². The number of nitriles is 2. The van der Waals surface area contributed by atoms with Gasteiger partial charge in [0.15, 0.2) is 8.07 Å². The number of nitrogens with zero attached hydrogens (tertiary/aromatic N) is 2. The number of ether oxygens (including phenoxy) is 1. The van der Waals surface area contributed by atoms with E-state index in [1.165, 1.54) is 0 Å². The Balaban J connectivity index is -0.0000000783. The molecule has 7 heteroatoms. The van der Waals surface area contributed by atoms with Crippen molar-refractivity contribution in [2.24, 2.45) is 0 Å². The summed E-state index contributed by atoms with van der Waals surface area (Å²) >= 11 is 0. The average molecular weight is 266 g/mol. The summed E-state index contributed by atoms with van der Waals surface area (Å²) in [6, 6.07) is 1.82. The van der Waals surface area contributed by atoms with Gasteiger partial charge in [-0.1, -0.05) is 19.6 Å². The molecular weight excluding hydrogens is 243 g/mol.